The van der Waals surface area contributed by atoms with Crippen LogP contribution in [0.4, 0.5) is 4.39 Å². The van der Waals surface area contributed by atoms with E-state index in [1.165, 1.54) is 18.1 Å². The topological polar surface area (TPSA) is 87.6 Å². The number of hydrogen-bond donors (Lipinski definition) is 2. The lowest BCUT2D eigenvalue weighted by molar-refractivity contribution is 0.0460. The van der Waals surface area contributed by atoms with Crippen LogP contribution in [0.15, 0.2) is 18.5 Å². The quantitative estimate of drug-likeness (QED) is 0.769. The number of methoxy groups -OCH3 is 1. The van der Waals surface area contributed by atoms with Gasteiger partial charge in [0.2, 0.25) is 5.88 Å². The van der Waals surface area contributed by atoms with Gasteiger partial charge in [0, 0.05) is 36.8 Å². The van der Waals surface area contributed by atoms with Gasteiger partial charge in [-0.1, -0.05) is 0 Å². The Labute approximate surface area is 172 Å². The fourth-order valence-corrected chi connectivity index (χ4v) is 5.30. The number of aryl methyl sites for hydroxylation is 1. The molecule has 1 aliphatic heterocycles. The van der Waals surface area contributed by atoms with Crippen molar-refractivity contribution in [3.63, 3.8) is 0 Å². The maximum atomic E-state index is 14.0. The third-order valence-corrected chi connectivity index (χ3v) is 6.76. The second-order valence-electron chi connectivity index (χ2n) is 7.89. The Bertz CT molecular complexity index is 892. The van der Waals surface area contributed by atoms with Gasteiger partial charge >= 0.3 is 0 Å². The van der Waals surface area contributed by atoms with E-state index in [-0.39, 0.29) is 11.4 Å². The second kappa shape index (κ2) is 8.33. The zero-order valence-corrected chi connectivity index (χ0v) is 17.3. The number of aliphatic hydroxyl groups is 1. The van der Waals surface area contributed by atoms with Gasteiger partial charge in [-0.2, -0.15) is 0 Å². The molecule has 1 aliphatic carbocycles. The number of fused-ring (bicyclic) bond motifs is 1. The van der Waals surface area contributed by atoms with Gasteiger partial charge in [0.05, 0.1) is 36.0 Å². The largest absolute Gasteiger partial charge is 0.481 e. The molecule has 0 radical (unpaired) electrons. The zero-order chi connectivity index (χ0) is 20.5. The zero-order valence-electron chi connectivity index (χ0n) is 16.5. The lowest BCUT2D eigenvalue weighted by atomic mass is 9.77. The van der Waals surface area contributed by atoms with Crippen molar-refractivity contribution < 1.29 is 19.0 Å². The van der Waals surface area contributed by atoms with E-state index in [1.54, 1.807) is 11.3 Å². The second-order valence-corrected chi connectivity index (χ2v) is 9.20. The van der Waals surface area contributed by atoms with Crippen LogP contribution in [-0.4, -0.2) is 58.2 Å². The molecule has 1 saturated carbocycles. The van der Waals surface area contributed by atoms with Gasteiger partial charge in [-0.25, -0.2) is 14.4 Å². The Morgan fingerprint density at radius 3 is 2.79 bits per heavy atom. The summed E-state index contributed by atoms with van der Waals surface area (Å²) in [5.74, 6) is -0.288. The van der Waals surface area contributed by atoms with Crippen molar-refractivity contribution in [2.45, 2.75) is 38.5 Å². The van der Waals surface area contributed by atoms with E-state index in [4.69, 9.17) is 4.74 Å². The molecule has 2 fully saturated rings. The van der Waals surface area contributed by atoms with Crippen LogP contribution in [0.2, 0.25) is 0 Å². The van der Waals surface area contributed by atoms with E-state index in [2.05, 4.69) is 20.2 Å². The van der Waals surface area contributed by atoms with Crippen LogP contribution in [-0.2, 0) is 6.54 Å². The normalized spacial score (nSPS) is 26.9. The lowest BCUT2D eigenvalue weighted by Crippen LogP contribution is -2.49. The van der Waals surface area contributed by atoms with Crippen LogP contribution in [0, 0.1) is 24.6 Å². The highest BCUT2D eigenvalue weighted by Crippen LogP contribution is 2.37. The molecule has 0 spiro atoms. The number of thiazole rings is 1. The molecule has 156 valence electrons. The van der Waals surface area contributed by atoms with Crippen molar-refractivity contribution in [3.8, 4) is 5.88 Å². The molecule has 3 heterocycles. The number of aromatic nitrogens is 2. The van der Waals surface area contributed by atoms with Crippen LogP contribution in [0.5, 0.6) is 5.88 Å². The van der Waals surface area contributed by atoms with Crippen molar-refractivity contribution in [2.24, 2.45) is 11.8 Å². The smallest absolute Gasteiger partial charge is 0.254 e. The average molecular weight is 421 g/mol. The number of carbonyl (C=O) groups excluding carboxylic acids is 1. The minimum Gasteiger partial charge on any atom is -0.481 e. The number of aliphatic hydroxyl groups excluding tert-OH is 1. The minimum atomic E-state index is -0.710. The highest BCUT2D eigenvalue weighted by Gasteiger charge is 2.42. The summed E-state index contributed by atoms with van der Waals surface area (Å²) < 4.78 is 19.0. The molecule has 4 atom stereocenters. The van der Waals surface area contributed by atoms with Gasteiger partial charge in [-0.15, -0.1) is 11.3 Å². The summed E-state index contributed by atoms with van der Waals surface area (Å²) in [7, 11) is 1.41. The molecule has 0 aromatic carbocycles. The van der Waals surface area contributed by atoms with Crippen molar-refractivity contribution in [3.05, 3.63) is 39.7 Å². The number of rotatable bonds is 5. The monoisotopic (exact) mass is 420 g/mol. The Hall–Kier alpha value is -2.10. The first-order valence-electron chi connectivity index (χ1n) is 9.75. The molecular weight excluding hydrogens is 395 g/mol. The van der Waals surface area contributed by atoms with Gasteiger partial charge in [-0.3, -0.25) is 9.69 Å². The standard InChI is InChI=1S/C20H25FN4O3S/c1-11-22-6-14(29-11)10-25-8-12-3-17(18(26)4-13(12)9-25)24-20(27)15-5-19(28-2)23-7-16(15)21/h5-7,12-13,17-18,26H,3-4,8-10H2,1-2H3,(H,24,27)/t12-,13+,17-,18-/m0/s1. The molecule has 1 amide bonds. The number of nitrogens with one attached hydrogen (secondary N) is 1. The summed E-state index contributed by atoms with van der Waals surface area (Å²) in [5.41, 5.74) is -0.125. The highest BCUT2D eigenvalue weighted by atomic mass is 32.1. The number of amides is 1. The van der Waals surface area contributed by atoms with Crippen LogP contribution in [0.1, 0.15) is 33.1 Å². The summed E-state index contributed by atoms with van der Waals surface area (Å²) in [4.78, 5) is 24.3. The molecule has 2 N–H and O–H groups in total. The fourth-order valence-electron chi connectivity index (χ4n) is 4.46. The lowest BCUT2D eigenvalue weighted by Gasteiger charge is -2.35. The van der Waals surface area contributed by atoms with E-state index >= 15 is 0 Å². The van der Waals surface area contributed by atoms with E-state index in [9.17, 15) is 14.3 Å². The molecule has 0 unspecified atom stereocenters. The molecule has 2 aromatic rings. The van der Waals surface area contributed by atoms with E-state index in [1.807, 2.05) is 13.1 Å². The van der Waals surface area contributed by atoms with Gasteiger partial charge in [0.1, 0.15) is 0 Å². The van der Waals surface area contributed by atoms with Gasteiger partial charge in [0.25, 0.3) is 5.91 Å². The molecule has 0 bridgehead atoms. The first-order chi connectivity index (χ1) is 13.9. The summed E-state index contributed by atoms with van der Waals surface area (Å²) in [6.45, 7) is 4.74. The highest BCUT2D eigenvalue weighted by molar-refractivity contribution is 7.11. The number of likely N-dealkylation sites (tertiary alicyclic amines) is 1. The molecule has 2 aliphatic rings. The predicted molar refractivity (Wildman–Crippen MR) is 106 cm³/mol. The molecule has 1 saturated heterocycles. The van der Waals surface area contributed by atoms with Crippen molar-refractivity contribution in [1.82, 2.24) is 20.2 Å². The number of carbonyl (C=O) groups is 1. The molecule has 4 rings (SSSR count). The van der Waals surface area contributed by atoms with E-state index < -0.39 is 23.9 Å². The van der Waals surface area contributed by atoms with Crippen molar-refractivity contribution in [2.75, 3.05) is 20.2 Å². The molecule has 9 heteroatoms. The molecule has 7 nitrogen and oxygen atoms in total. The average Bonchev–Trinajstić information content (AvgIpc) is 3.27. The maximum Gasteiger partial charge on any atom is 0.254 e. The predicted octanol–water partition coefficient (Wildman–Crippen LogP) is 2.00. The first-order valence-corrected chi connectivity index (χ1v) is 10.6. The van der Waals surface area contributed by atoms with Gasteiger partial charge in [0.15, 0.2) is 5.82 Å². The Balaban J connectivity index is 1.39. The number of pyridine rings is 1. The third-order valence-electron chi connectivity index (χ3n) is 5.87. The summed E-state index contributed by atoms with van der Waals surface area (Å²) >= 11 is 1.71. The summed E-state index contributed by atoms with van der Waals surface area (Å²) in [6, 6.07) is 0.879. The van der Waals surface area contributed by atoms with Gasteiger partial charge < -0.3 is 15.2 Å². The van der Waals surface area contributed by atoms with Crippen LogP contribution < -0.4 is 10.1 Å². The van der Waals surface area contributed by atoms with E-state index in [0.29, 0.717) is 24.7 Å². The summed E-state index contributed by atoms with van der Waals surface area (Å²) in [5, 5.41) is 14.5. The SMILES string of the molecule is COc1cc(C(=O)N[C@H]2C[C@H]3CN(Cc4cnc(C)s4)C[C@H]3C[C@@H]2O)c(F)cn1. The Morgan fingerprint density at radius 1 is 1.34 bits per heavy atom. The minimum absolute atomic E-state index is 0.125. The summed E-state index contributed by atoms with van der Waals surface area (Å²) in [6.07, 6.45) is 3.57. The van der Waals surface area contributed by atoms with Crippen LogP contribution >= 0.6 is 11.3 Å². The van der Waals surface area contributed by atoms with Crippen LogP contribution in [0.3, 0.4) is 0 Å². The van der Waals surface area contributed by atoms with Crippen molar-refractivity contribution in [1.29, 1.82) is 0 Å². The Morgan fingerprint density at radius 2 is 2.10 bits per heavy atom. The number of nitrogens with zero attached hydrogens (tertiary/aromatic N) is 3. The Kier molecular flexibility index (Phi) is 5.80. The van der Waals surface area contributed by atoms with Crippen molar-refractivity contribution >= 4 is 17.2 Å². The maximum absolute atomic E-state index is 14.0. The van der Waals surface area contributed by atoms with Crippen LogP contribution in [0.25, 0.3) is 0 Å². The number of halogens is 1. The third kappa shape index (κ3) is 4.41. The molecular formula is C20H25FN4O3S. The molecule has 29 heavy (non-hydrogen) atoms. The van der Waals surface area contributed by atoms with E-state index in [0.717, 1.165) is 30.8 Å². The first kappa shape index (κ1) is 20.2. The van der Waals surface area contributed by atoms with Gasteiger partial charge in [-0.05, 0) is 31.6 Å². The number of hydrogen-bond acceptors (Lipinski definition) is 7. The fraction of sp³-hybridized carbons (Fsp3) is 0.550. The molecule has 2 aromatic heterocycles. The number of ether oxygens (including phenoxy) is 1.